The fourth-order valence-corrected chi connectivity index (χ4v) is 1.64. The standard InChI is InChI=1S/C7H11NO3S/c1-11-6-2-4-7(5-3-6)12(8,9)10/h2-4,7H,5H2,1H3,(H2,8,9,10). The van der Waals surface area contributed by atoms with Crippen LogP contribution in [0.3, 0.4) is 0 Å². The van der Waals surface area contributed by atoms with Crippen LogP contribution in [0.5, 0.6) is 0 Å². The van der Waals surface area contributed by atoms with Gasteiger partial charge in [-0.1, -0.05) is 6.08 Å². The molecule has 0 bridgehead atoms. The maximum Gasteiger partial charge on any atom is 0.215 e. The van der Waals surface area contributed by atoms with Gasteiger partial charge in [0.1, 0.15) is 5.76 Å². The van der Waals surface area contributed by atoms with E-state index in [1.165, 1.54) is 13.2 Å². The van der Waals surface area contributed by atoms with Crippen LogP contribution in [-0.4, -0.2) is 20.8 Å². The largest absolute Gasteiger partial charge is 0.497 e. The molecule has 0 saturated heterocycles. The number of ether oxygens (including phenoxy) is 1. The number of nitrogens with two attached hydrogens (primary N) is 1. The molecule has 0 aromatic carbocycles. The van der Waals surface area contributed by atoms with Gasteiger partial charge in [-0.25, -0.2) is 13.6 Å². The Kier molecular flexibility index (Phi) is 2.54. The molecule has 5 heteroatoms. The van der Waals surface area contributed by atoms with Gasteiger partial charge in [-0.05, 0) is 18.6 Å². The minimum atomic E-state index is -3.44. The topological polar surface area (TPSA) is 69.4 Å². The minimum Gasteiger partial charge on any atom is -0.497 e. The van der Waals surface area contributed by atoms with E-state index >= 15 is 0 Å². The van der Waals surface area contributed by atoms with E-state index in [9.17, 15) is 8.42 Å². The molecule has 0 aromatic heterocycles. The van der Waals surface area contributed by atoms with Crippen LogP contribution < -0.4 is 5.14 Å². The summed E-state index contributed by atoms with van der Waals surface area (Å²) >= 11 is 0. The van der Waals surface area contributed by atoms with Crippen molar-refractivity contribution < 1.29 is 13.2 Å². The van der Waals surface area contributed by atoms with Gasteiger partial charge in [0.25, 0.3) is 0 Å². The first-order valence-corrected chi connectivity index (χ1v) is 5.09. The Hall–Kier alpha value is -0.810. The summed E-state index contributed by atoms with van der Waals surface area (Å²) in [5.41, 5.74) is 0. The molecule has 0 aliphatic heterocycles. The molecule has 0 fully saturated rings. The molecule has 1 aliphatic carbocycles. The second kappa shape index (κ2) is 3.28. The highest BCUT2D eigenvalue weighted by Gasteiger charge is 2.19. The second-order valence-corrected chi connectivity index (χ2v) is 4.32. The summed E-state index contributed by atoms with van der Waals surface area (Å²) < 4.78 is 26.6. The van der Waals surface area contributed by atoms with Gasteiger partial charge in [-0.3, -0.25) is 0 Å². The molecular weight excluding hydrogens is 178 g/mol. The summed E-state index contributed by atoms with van der Waals surface area (Å²) in [4.78, 5) is 0. The summed E-state index contributed by atoms with van der Waals surface area (Å²) in [7, 11) is -1.91. The second-order valence-electron chi connectivity index (χ2n) is 2.53. The number of allylic oxidation sites excluding steroid dienone is 2. The minimum absolute atomic E-state index is 0.387. The number of hydrogen-bond acceptors (Lipinski definition) is 3. The van der Waals surface area contributed by atoms with E-state index in [1.807, 2.05) is 0 Å². The average molecular weight is 189 g/mol. The molecule has 0 radical (unpaired) electrons. The third kappa shape index (κ3) is 2.09. The summed E-state index contributed by atoms with van der Waals surface area (Å²) in [6.45, 7) is 0. The van der Waals surface area contributed by atoms with Gasteiger partial charge >= 0.3 is 0 Å². The SMILES string of the molecule is COC1=CCC(S(N)(=O)=O)C=C1. The first kappa shape index (κ1) is 9.28. The lowest BCUT2D eigenvalue weighted by Crippen LogP contribution is -2.27. The Morgan fingerprint density at radius 1 is 1.67 bits per heavy atom. The maximum atomic E-state index is 10.8. The molecule has 0 aromatic rings. The van der Waals surface area contributed by atoms with Crippen molar-refractivity contribution in [2.45, 2.75) is 11.7 Å². The third-order valence-corrected chi connectivity index (χ3v) is 2.88. The van der Waals surface area contributed by atoms with E-state index in [1.54, 1.807) is 12.2 Å². The Bertz CT molecular complexity index is 316. The summed E-state index contributed by atoms with van der Waals surface area (Å²) in [6, 6.07) is 0. The molecule has 2 N–H and O–H groups in total. The highest BCUT2D eigenvalue weighted by Crippen LogP contribution is 2.14. The summed E-state index contributed by atoms with van der Waals surface area (Å²) in [5.74, 6) is 0.676. The van der Waals surface area contributed by atoms with E-state index in [2.05, 4.69) is 0 Å². The molecule has 1 aliphatic rings. The van der Waals surface area contributed by atoms with Crippen LogP contribution in [0, 0.1) is 0 Å². The van der Waals surface area contributed by atoms with Crippen LogP contribution >= 0.6 is 0 Å². The fourth-order valence-electron chi connectivity index (χ4n) is 0.976. The van der Waals surface area contributed by atoms with Crippen LogP contribution in [0.1, 0.15) is 6.42 Å². The van der Waals surface area contributed by atoms with Crippen molar-refractivity contribution in [3.05, 3.63) is 24.0 Å². The smallest absolute Gasteiger partial charge is 0.215 e. The van der Waals surface area contributed by atoms with Crippen molar-refractivity contribution in [2.24, 2.45) is 5.14 Å². The first-order chi connectivity index (χ1) is 5.54. The molecule has 12 heavy (non-hydrogen) atoms. The lowest BCUT2D eigenvalue weighted by Gasteiger charge is -2.12. The average Bonchev–Trinajstić information content (AvgIpc) is 2.03. The van der Waals surface area contributed by atoms with Crippen LogP contribution in [0.25, 0.3) is 0 Å². The van der Waals surface area contributed by atoms with E-state index in [4.69, 9.17) is 9.88 Å². The van der Waals surface area contributed by atoms with Crippen LogP contribution in [0.2, 0.25) is 0 Å². The van der Waals surface area contributed by atoms with Gasteiger partial charge in [0.15, 0.2) is 0 Å². The van der Waals surface area contributed by atoms with Crippen molar-refractivity contribution in [1.82, 2.24) is 0 Å². The predicted molar refractivity (Wildman–Crippen MR) is 45.7 cm³/mol. The normalized spacial score (nSPS) is 23.5. The zero-order chi connectivity index (χ0) is 9.19. The van der Waals surface area contributed by atoms with Crippen LogP contribution in [0.4, 0.5) is 0 Å². The van der Waals surface area contributed by atoms with Gasteiger partial charge in [0.05, 0.1) is 12.4 Å². The van der Waals surface area contributed by atoms with Crippen molar-refractivity contribution in [1.29, 1.82) is 0 Å². The van der Waals surface area contributed by atoms with Crippen molar-refractivity contribution >= 4 is 10.0 Å². The molecule has 1 atom stereocenters. The number of methoxy groups -OCH3 is 1. The van der Waals surface area contributed by atoms with E-state index in [-0.39, 0.29) is 0 Å². The Morgan fingerprint density at radius 2 is 2.33 bits per heavy atom. The monoisotopic (exact) mass is 189 g/mol. The molecular formula is C7H11NO3S. The van der Waals surface area contributed by atoms with Crippen LogP contribution in [0.15, 0.2) is 24.0 Å². The van der Waals surface area contributed by atoms with Crippen molar-refractivity contribution in [2.75, 3.05) is 7.11 Å². The molecule has 68 valence electrons. The van der Waals surface area contributed by atoms with Crippen molar-refractivity contribution in [3.8, 4) is 0 Å². The molecule has 0 amide bonds. The number of primary sulfonamides is 1. The maximum absolute atomic E-state index is 10.8. The fraction of sp³-hybridized carbons (Fsp3) is 0.429. The van der Waals surface area contributed by atoms with Gasteiger partial charge < -0.3 is 4.74 Å². The first-order valence-electron chi connectivity index (χ1n) is 3.48. The van der Waals surface area contributed by atoms with E-state index in [0.717, 1.165) is 0 Å². The zero-order valence-electron chi connectivity index (χ0n) is 6.73. The predicted octanol–water partition coefficient (Wildman–Crippen LogP) is 0.134. The quantitative estimate of drug-likeness (QED) is 0.671. The van der Waals surface area contributed by atoms with Crippen molar-refractivity contribution in [3.63, 3.8) is 0 Å². The van der Waals surface area contributed by atoms with E-state index < -0.39 is 15.3 Å². The third-order valence-electron chi connectivity index (χ3n) is 1.68. The number of rotatable bonds is 2. The molecule has 1 unspecified atom stereocenters. The summed E-state index contributed by atoms with van der Waals surface area (Å²) in [6.07, 6.45) is 5.24. The molecule has 0 saturated carbocycles. The number of hydrogen-bond donors (Lipinski definition) is 1. The Labute approximate surface area is 71.8 Å². The zero-order valence-corrected chi connectivity index (χ0v) is 7.54. The highest BCUT2D eigenvalue weighted by atomic mass is 32.2. The highest BCUT2D eigenvalue weighted by molar-refractivity contribution is 7.89. The van der Waals surface area contributed by atoms with Gasteiger partial charge in [-0.2, -0.15) is 0 Å². The van der Waals surface area contributed by atoms with Gasteiger partial charge in [-0.15, -0.1) is 0 Å². The molecule has 0 spiro atoms. The molecule has 0 heterocycles. The van der Waals surface area contributed by atoms with E-state index in [0.29, 0.717) is 12.2 Å². The van der Waals surface area contributed by atoms with Crippen LogP contribution in [-0.2, 0) is 14.8 Å². The van der Waals surface area contributed by atoms with Gasteiger partial charge in [0, 0.05) is 0 Å². The Morgan fingerprint density at radius 3 is 2.67 bits per heavy atom. The summed E-state index contributed by atoms with van der Waals surface area (Å²) in [5, 5.41) is 4.35. The number of sulfonamides is 1. The molecule has 1 rings (SSSR count). The lowest BCUT2D eigenvalue weighted by molar-refractivity contribution is 0.303. The molecule has 4 nitrogen and oxygen atoms in total. The van der Waals surface area contributed by atoms with Gasteiger partial charge in [0.2, 0.25) is 10.0 Å². The Balaban J connectivity index is 2.73. The lowest BCUT2D eigenvalue weighted by atomic mass is 10.2.